The van der Waals surface area contributed by atoms with Gasteiger partial charge in [-0.25, -0.2) is 8.42 Å². The van der Waals surface area contributed by atoms with Gasteiger partial charge in [-0.1, -0.05) is 6.42 Å². The molecule has 2 rings (SSSR count). The summed E-state index contributed by atoms with van der Waals surface area (Å²) in [4.78, 5) is 0. The van der Waals surface area contributed by atoms with Crippen LogP contribution in [0.5, 0.6) is 0 Å². The van der Waals surface area contributed by atoms with Crippen molar-refractivity contribution in [1.82, 2.24) is 4.31 Å². The highest BCUT2D eigenvalue weighted by Crippen LogP contribution is 2.37. The monoisotopic (exact) mass is 233 g/mol. The average molecular weight is 233 g/mol. The zero-order chi connectivity index (χ0) is 11.3. The van der Waals surface area contributed by atoms with Crippen LogP contribution in [0.3, 0.4) is 0 Å². The standard InChI is InChI=1S/C10H19NO3S/c1-10(2)9(12)6-7-11(10)15(13,14)8-4-3-5-8/h8-9,12H,3-7H2,1-2H3. The van der Waals surface area contributed by atoms with Gasteiger partial charge in [0.15, 0.2) is 0 Å². The molecule has 1 saturated carbocycles. The van der Waals surface area contributed by atoms with Crippen LogP contribution in [0.4, 0.5) is 0 Å². The van der Waals surface area contributed by atoms with Crippen molar-refractivity contribution in [1.29, 1.82) is 0 Å². The first-order valence-electron chi connectivity index (χ1n) is 5.56. The van der Waals surface area contributed by atoms with E-state index in [1.54, 1.807) is 13.8 Å². The molecule has 0 radical (unpaired) electrons. The third-order valence-electron chi connectivity index (χ3n) is 3.84. The molecule has 1 N–H and O–H groups in total. The molecular formula is C10H19NO3S. The molecule has 1 unspecified atom stereocenters. The van der Waals surface area contributed by atoms with E-state index in [1.165, 1.54) is 4.31 Å². The summed E-state index contributed by atoms with van der Waals surface area (Å²) in [5, 5.41) is 9.56. The summed E-state index contributed by atoms with van der Waals surface area (Å²) in [5.74, 6) is 0. The minimum atomic E-state index is -3.17. The topological polar surface area (TPSA) is 57.6 Å². The SMILES string of the molecule is CC1(C)C(O)CCN1S(=O)(=O)C1CCC1. The molecule has 1 saturated heterocycles. The number of sulfonamides is 1. The number of hydrogen-bond donors (Lipinski definition) is 1. The van der Waals surface area contributed by atoms with Crippen molar-refractivity contribution in [2.45, 2.75) is 56.4 Å². The molecule has 1 aliphatic carbocycles. The fourth-order valence-corrected chi connectivity index (χ4v) is 4.78. The molecule has 88 valence electrons. The maximum Gasteiger partial charge on any atom is 0.217 e. The van der Waals surface area contributed by atoms with Crippen LogP contribution in [0, 0.1) is 0 Å². The Hall–Kier alpha value is -0.130. The molecule has 4 nitrogen and oxygen atoms in total. The van der Waals surface area contributed by atoms with Crippen molar-refractivity contribution in [2.24, 2.45) is 0 Å². The second-order valence-corrected chi connectivity index (χ2v) is 7.27. The van der Waals surface area contributed by atoms with Gasteiger partial charge in [0, 0.05) is 6.54 Å². The largest absolute Gasteiger partial charge is 0.391 e. The third kappa shape index (κ3) is 1.61. The summed E-state index contributed by atoms with van der Waals surface area (Å²) in [5.41, 5.74) is -0.631. The van der Waals surface area contributed by atoms with E-state index in [0.29, 0.717) is 13.0 Å². The van der Waals surface area contributed by atoms with E-state index >= 15 is 0 Å². The Bertz CT molecular complexity index is 346. The van der Waals surface area contributed by atoms with Crippen molar-refractivity contribution in [3.05, 3.63) is 0 Å². The summed E-state index contributed by atoms with van der Waals surface area (Å²) < 4.78 is 25.9. The van der Waals surface area contributed by atoms with Gasteiger partial charge in [0.2, 0.25) is 10.0 Å². The van der Waals surface area contributed by atoms with Gasteiger partial charge in [-0.3, -0.25) is 0 Å². The normalized spacial score (nSPS) is 32.9. The summed E-state index contributed by atoms with van der Waals surface area (Å²) in [6.45, 7) is 4.08. The average Bonchev–Trinajstić information content (AvgIpc) is 2.22. The van der Waals surface area contributed by atoms with Gasteiger partial charge in [0.25, 0.3) is 0 Å². The Morgan fingerprint density at radius 2 is 1.87 bits per heavy atom. The van der Waals surface area contributed by atoms with E-state index in [2.05, 4.69) is 0 Å². The number of rotatable bonds is 2. The maximum absolute atomic E-state index is 12.2. The lowest BCUT2D eigenvalue weighted by molar-refractivity contribution is 0.0892. The zero-order valence-electron chi connectivity index (χ0n) is 9.31. The smallest absolute Gasteiger partial charge is 0.217 e. The maximum atomic E-state index is 12.2. The molecule has 2 aliphatic rings. The second kappa shape index (κ2) is 3.43. The van der Waals surface area contributed by atoms with E-state index in [0.717, 1.165) is 19.3 Å². The fraction of sp³-hybridized carbons (Fsp3) is 1.00. The van der Waals surface area contributed by atoms with Crippen LogP contribution in [0.15, 0.2) is 0 Å². The van der Waals surface area contributed by atoms with E-state index in [4.69, 9.17) is 0 Å². The van der Waals surface area contributed by atoms with Crippen LogP contribution in [0.25, 0.3) is 0 Å². The minimum absolute atomic E-state index is 0.193. The van der Waals surface area contributed by atoms with Gasteiger partial charge in [-0.2, -0.15) is 4.31 Å². The van der Waals surface area contributed by atoms with Gasteiger partial charge < -0.3 is 5.11 Å². The van der Waals surface area contributed by atoms with Crippen molar-refractivity contribution < 1.29 is 13.5 Å². The second-order valence-electron chi connectivity index (χ2n) is 5.13. The molecule has 1 atom stereocenters. The predicted molar refractivity (Wildman–Crippen MR) is 58.0 cm³/mol. The summed E-state index contributed by atoms with van der Waals surface area (Å²) in [7, 11) is -3.17. The molecule has 0 bridgehead atoms. The summed E-state index contributed by atoms with van der Waals surface area (Å²) >= 11 is 0. The van der Waals surface area contributed by atoms with E-state index < -0.39 is 21.7 Å². The minimum Gasteiger partial charge on any atom is -0.391 e. The molecule has 2 fully saturated rings. The molecule has 0 spiro atoms. The molecule has 1 heterocycles. The van der Waals surface area contributed by atoms with Gasteiger partial charge in [0.1, 0.15) is 0 Å². The van der Waals surface area contributed by atoms with Gasteiger partial charge >= 0.3 is 0 Å². The van der Waals surface area contributed by atoms with Crippen LogP contribution < -0.4 is 0 Å². The number of hydrogen-bond acceptors (Lipinski definition) is 3. The van der Waals surface area contributed by atoms with Crippen molar-refractivity contribution in [2.75, 3.05) is 6.54 Å². The molecule has 0 aromatic heterocycles. The Balaban J connectivity index is 2.24. The Morgan fingerprint density at radius 1 is 1.27 bits per heavy atom. The first-order chi connectivity index (χ1) is 6.87. The van der Waals surface area contributed by atoms with Gasteiger partial charge in [0.05, 0.1) is 16.9 Å². The molecule has 0 aromatic rings. The Kier molecular flexibility index (Phi) is 2.60. The van der Waals surface area contributed by atoms with E-state index in [-0.39, 0.29) is 5.25 Å². The lowest BCUT2D eigenvalue weighted by atomic mass is 10.00. The van der Waals surface area contributed by atoms with Crippen LogP contribution in [-0.2, 0) is 10.0 Å². The molecule has 0 aromatic carbocycles. The lowest BCUT2D eigenvalue weighted by Gasteiger charge is -2.37. The highest BCUT2D eigenvalue weighted by atomic mass is 32.2. The van der Waals surface area contributed by atoms with Crippen molar-refractivity contribution >= 4 is 10.0 Å². The molecule has 0 amide bonds. The molecular weight excluding hydrogens is 214 g/mol. The van der Waals surface area contributed by atoms with E-state index in [1.807, 2.05) is 0 Å². The predicted octanol–water partition coefficient (Wildman–Crippen LogP) is 0.714. The number of aliphatic hydroxyl groups is 1. The van der Waals surface area contributed by atoms with Gasteiger partial charge in [-0.15, -0.1) is 0 Å². The Morgan fingerprint density at radius 3 is 2.20 bits per heavy atom. The third-order valence-corrected chi connectivity index (χ3v) is 6.43. The quantitative estimate of drug-likeness (QED) is 0.764. The number of aliphatic hydroxyl groups excluding tert-OH is 1. The zero-order valence-corrected chi connectivity index (χ0v) is 10.1. The summed E-state index contributed by atoms with van der Waals surface area (Å²) in [6, 6.07) is 0. The highest BCUT2D eigenvalue weighted by molar-refractivity contribution is 7.89. The van der Waals surface area contributed by atoms with Crippen molar-refractivity contribution in [3.8, 4) is 0 Å². The van der Waals surface area contributed by atoms with Gasteiger partial charge in [-0.05, 0) is 33.1 Å². The molecule has 15 heavy (non-hydrogen) atoms. The van der Waals surface area contributed by atoms with E-state index in [9.17, 15) is 13.5 Å². The highest BCUT2D eigenvalue weighted by Gasteiger charge is 2.49. The first kappa shape index (κ1) is 11.4. The lowest BCUT2D eigenvalue weighted by Crippen LogP contribution is -2.52. The summed E-state index contributed by atoms with van der Waals surface area (Å²) in [6.07, 6.45) is 2.60. The molecule has 1 aliphatic heterocycles. The van der Waals surface area contributed by atoms with Crippen LogP contribution in [0.2, 0.25) is 0 Å². The fourth-order valence-electron chi connectivity index (χ4n) is 2.35. The van der Waals surface area contributed by atoms with Crippen molar-refractivity contribution in [3.63, 3.8) is 0 Å². The molecule has 5 heteroatoms. The first-order valence-corrected chi connectivity index (χ1v) is 7.07. The van der Waals surface area contributed by atoms with Crippen LogP contribution in [0.1, 0.15) is 39.5 Å². The Labute approximate surface area is 91.3 Å². The van der Waals surface area contributed by atoms with Crippen LogP contribution >= 0.6 is 0 Å². The number of nitrogens with zero attached hydrogens (tertiary/aromatic N) is 1. The van der Waals surface area contributed by atoms with Crippen LogP contribution in [-0.4, -0.2) is 41.3 Å².